The third kappa shape index (κ3) is 10.7. The first-order valence-corrected chi connectivity index (χ1v) is 25.5. The zero-order valence-corrected chi connectivity index (χ0v) is 47.8. The normalized spacial score (nSPS) is 12.7. The Bertz CT molecular complexity index is 3530. The Balaban J connectivity index is 0.00000729. The third-order valence-electron chi connectivity index (χ3n) is 14.1. The van der Waals surface area contributed by atoms with Crippen molar-refractivity contribution in [1.82, 2.24) is 14.5 Å². The van der Waals surface area contributed by atoms with Gasteiger partial charge < -0.3 is 5.11 Å². The van der Waals surface area contributed by atoms with Crippen LogP contribution in [-0.4, -0.2) is 19.6 Å². The summed E-state index contributed by atoms with van der Waals surface area (Å²) in [6.07, 6.45) is 1.67. The van der Waals surface area contributed by atoms with E-state index < -0.39 is 0 Å². The van der Waals surface area contributed by atoms with Crippen LogP contribution in [0.25, 0.3) is 83.9 Å². The molecular formula is C68H72N3OPt-. The molecular weight excluding hydrogens is 1070 g/mol. The predicted octanol–water partition coefficient (Wildman–Crippen LogP) is 18.4. The van der Waals surface area contributed by atoms with E-state index in [0.29, 0.717) is 17.4 Å². The van der Waals surface area contributed by atoms with Crippen LogP contribution in [-0.2, 0) is 48.1 Å². The molecule has 1 N–H and O–H groups in total. The van der Waals surface area contributed by atoms with Crippen LogP contribution in [0, 0.1) is 6.07 Å². The number of para-hydroxylation sites is 1. The first kappa shape index (κ1) is 51.5. The number of rotatable bonds is 7. The van der Waals surface area contributed by atoms with Crippen molar-refractivity contribution in [2.24, 2.45) is 0 Å². The summed E-state index contributed by atoms with van der Waals surface area (Å²) in [6.45, 7) is 33.4. The fraction of sp³-hybridized carbons (Fsp3) is 0.294. The number of imidazole rings is 1. The minimum Gasteiger partial charge on any atom is -0.507 e. The maximum atomic E-state index is 12.6. The molecule has 0 fully saturated rings. The summed E-state index contributed by atoms with van der Waals surface area (Å²) in [5.74, 6) is 0.897. The zero-order chi connectivity index (χ0) is 52.6. The van der Waals surface area contributed by atoms with Crippen molar-refractivity contribution in [2.75, 3.05) is 0 Å². The SMILES string of the molecule is [2H]c1cnc(-c2[c-]c(-c3cccc4c3nc(-c3cc(C(C)(C)C)cc(C(C)(C)C)c3O)n4-c3ccc(C(C)(C)C)cc3-c3ccccc3)cc(C(C)(C)C)c2)cc1-c1ccc(-c2ccccc2C(C)(C)C)cc1.[Pt]. The zero-order valence-electron chi connectivity index (χ0n) is 46.5. The van der Waals surface area contributed by atoms with Gasteiger partial charge in [0.1, 0.15) is 11.6 Å². The number of nitrogens with zero attached hydrogens (tertiary/aromatic N) is 3. The number of aromatic nitrogens is 3. The number of benzene rings is 7. The molecule has 0 amide bonds. The topological polar surface area (TPSA) is 50.9 Å². The molecule has 4 nitrogen and oxygen atoms in total. The molecule has 0 aliphatic carbocycles. The van der Waals surface area contributed by atoms with Gasteiger partial charge in [-0.2, -0.15) is 0 Å². The molecule has 376 valence electrons. The molecule has 0 aliphatic rings. The molecule has 9 aromatic rings. The fourth-order valence-electron chi connectivity index (χ4n) is 9.80. The van der Waals surface area contributed by atoms with Gasteiger partial charge in [-0.05, 0) is 102 Å². The Labute approximate surface area is 451 Å². The molecule has 2 aromatic heterocycles. The van der Waals surface area contributed by atoms with E-state index in [9.17, 15) is 5.11 Å². The van der Waals surface area contributed by atoms with Gasteiger partial charge in [-0.15, -0.1) is 29.3 Å². The average molecular weight is 1140 g/mol. The minimum absolute atomic E-state index is 0. The number of hydrogen-bond acceptors (Lipinski definition) is 3. The molecule has 0 saturated heterocycles. The van der Waals surface area contributed by atoms with Gasteiger partial charge in [-0.25, -0.2) is 4.98 Å². The van der Waals surface area contributed by atoms with E-state index in [-0.39, 0.29) is 53.9 Å². The van der Waals surface area contributed by atoms with Crippen LogP contribution < -0.4 is 0 Å². The van der Waals surface area contributed by atoms with Crippen LogP contribution in [0.5, 0.6) is 5.75 Å². The van der Waals surface area contributed by atoms with Crippen LogP contribution in [0.1, 0.15) is 133 Å². The van der Waals surface area contributed by atoms with Crippen molar-refractivity contribution >= 4 is 11.0 Å². The first-order chi connectivity index (χ1) is 34.2. The van der Waals surface area contributed by atoms with Crippen molar-refractivity contribution in [3.05, 3.63) is 192 Å². The Morgan fingerprint density at radius 1 is 0.466 bits per heavy atom. The third-order valence-corrected chi connectivity index (χ3v) is 14.1. The molecule has 7 aromatic carbocycles. The van der Waals surface area contributed by atoms with E-state index in [2.05, 4.69) is 254 Å². The maximum absolute atomic E-state index is 12.6. The molecule has 5 heteroatoms. The van der Waals surface area contributed by atoms with E-state index in [0.717, 1.165) is 83.6 Å². The number of aromatic hydroxyl groups is 1. The standard InChI is InChI=1S/C68H72N3O.Pt/c1-64(2,3)49-32-33-59(54(40-49)44-22-17-16-18-23-44)71-60-27-21-25-53(61(60)70-63(71)55-41-51(66(7,8)9)42-57(62(55)72)68(13,14)15)47-36-48(38-50(37-47)65(4,5)6)58-39-46(34-35-69-58)43-28-30-45(31-29-43)52-24-19-20-26-56(52)67(10,11)12;/h16-35,37-42,72H,1-15H3;/q-1;/i34D;. The van der Waals surface area contributed by atoms with Crippen LogP contribution in [0.4, 0.5) is 0 Å². The molecule has 0 aliphatic heterocycles. The van der Waals surface area contributed by atoms with Crippen molar-refractivity contribution in [1.29, 1.82) is 0 Å². The van der Waals surface area contributed by atoms with Crippen LogP contribution in [0.2, 0.25) is 0 Å². The molecule has 0 radical (unpaired) electrons. The molecule has 73 heavy (non-hydrogen) atoms. The van der Waals surface area contributed by atoms with Gasteiger partial charge in [0, 0.05) is 44.1 Å². The van der Waals surface area contributed by atoms with Gasteiger partial charge in [-0.3, -0.25) is 9.55 Å². The van der Waals surface area contributed by atoms with Gasteiger partial charge in [-0.1, -0.05) is 224 Å². The van der Waals surface area contributed by atoms with E-state index in [1.807, 2.05) is 6.07 Å². The second-order valence-corrected chi connectivity index (χ2v) is 24.9. The summed E-state index contributed by atoms with van der Waals surface area (Å²) in [4.78, 5) is 10.6. The molecule has 0 saturated carbocycles. The largest absolute Gasteiger partial charge is 0.507 e. The van der Waals surface area contributed by atoms with Gasteiger partial charge in [0.05, 0.1) is 23.7 Å². The van der Waals surface area contributed by atoms with E-state index >= 15 is 0 Å². The minimum atomic E-state index is -0.349. The Kier molecular flexibility index (Phi) is 13.8. The number of phenolic OH excluding ortho intramolecular Hbond substituents is 1. The van der Waals surface area contributed by atoms with Crippen LogP contribution >= 0.6 is 0 Å². The van der Waals surface area contributed by atoms with Crippen LogP contribution in [0.3, 0.4) is 0 Å². The van der Waals surface area contributed by atoms with Gasteiger partial charge in [0.15, 0.2) is 0 Å². The Morgan fingerprint density at radius 3 is 1.67 bits per heavy atom. The van der Waals surface area contributed by atoms with E-state index in [1.165, 1.54) is 16.7 Å². The van der Waals surface area contributed by atoms with Crippen molar-refractivity contribution in [3.63, 3.8) is 0 Å². The fourth-order valence-corrected chi connectivity index (χ4v) is 9.80. The Hall–Kier alpha value is -6.35. The number of phenols is 1. The van der Waals surface area contributed by atoms with E-state index in [1.54, 1.807) is 6.20 Å². The summed E-state index contributed by atoms with van der Waals surface area (Å²) in [5, 5.41) is 12.6. The van der Waals surface area contributed by atoms with Crippen LogP contribution in [0.15, 0.2) is 158 Å². The molecule has 9 rings (SSSR count). The monoisotopic (exact) mass is 1140 g/mol. The van der Waals surface area contributed by atoms with Crippen molar-refractivity contribution in [2.45, 2.75) is 131 Å². The summed E-state index contributed by atoms with van der Waals surface area (Å²) >= 11 is 0. The first-order valence-electron chi connectivity index (χ1n) is 26.0. The average Bonchev–Trinajstić information content (AvgIpc) is 3.72. The van der Waals surface area contributed by atoms with Gasteiger partial charge >= 0.3 is 0 Å². The van der Waals surface area contributed by atoms with E-state index in [4.69, 9.17) is 11.3 Å². The predicted molar refractivity (Wildman–Crippen MR) is 305 cm³/mol. The van der Waals surface area contributed by atoms with Crippen molar-refractivity contribution in [3.8, 4) is 78.6 Å². The number of hydrogen-bond donors (Lipinski definition) is 1. The summed E-state index contributed by atoms with van der Waals surface area (Å²) < 4.78 is 11.4. The molecule has 0 unspecified atom stereocenters. The molecule has 0 atom stereocenters. The summed E-state index contributed by atoms with van der Waals surface area (Å²) in [7, 11) is 0. The Morgan fingerprint density at radius 2 is 1.03 bits per heavy atom. The maximum Gasteiger partial charge on any atom is 0.148 e. The molecule has 2 heterocycles. The second-order valence-electron chi connectivity index (χ2n) is 24.9. The summed E-state index contributed by atoms with van der Waals surface area (Å²) in [6, 6.07) is 56.0. The van der Waals surface area contributed by atoms with Gasteiger partial charge in [0.2, 0.25) is 0 Å². The number of fused-ring (bicyclic) bond motifs is 1. The summed E-state index contributed by atoms with van der Waals surface area (Å²) in [5.41, 5.74) is 17.8. The van der Waals surface area contributed by atoms with Gasteiger partial charge in [0.25, 0.3) is 0 Å². The molecule has 0 spiro atoms. The van der Waals surface area contributed by atoms with Crippen molar-refractivity contribution < 1.29 is 27.5 Å². The number of pyridine rings is 1. The molecule has 0 bridgehead atoms. The quantitative estimate of drug-likeness (QED) is 0.162. The smallest absolute Gasteiger partial charge is 0.148 e. The second kappa shape index (κ2) is 19.5.